The molecule has 1 aliphatic rings. The van der Waals surface area contributed by atoms with Crippen molar-refractivity contribution in [2.75, 3.05) is 11.9 Å². The lowest BCUT2D eigenvalue weighted by Crippen LogP contribution is -2.39. The van der Waals surface area contributed by atoms with Gasteiger partial charge in [-0.3, -0.25) is 4.99 Å². The van der Waals surface area contributed by atoms with E-state index >= 15 is 0 Å². The standard InChI is InChI=1S/C17H19BrN4.HI/c18-14-7-2-1-6-13(14)17(9-5-10-17)12-21-16(19)22-15-8-3-4-11-20-15;/h1-4,6-8,11H,5,9-10,12H2,(H3,19,20,21,22);1H. The predicted molar refractivity (Wildman–Crippen MR) is 109 cm³/mol. The van der Waals surface area contributed by atoms with Crippen molar-refractivity contribution in [1.82, 2.24) is 4.98 Å². The molecule has 6 heteroatoms. The average Bonchev–Trinajstić information content (AvgIpc) is 2.49. The molecular weight excluding hydrogens is 467 g/mol. The van der Waals surface area contributed by atoms with Crippen LogP contribution in [0.25, 0.3) is 0 Å². The number of rotatable bonds is 4. The Balaban J connectivity index is 0.00000192. The van der Waals surface area contributed by atoms with E-state index in [1.807, 2.05) is 24.3 Å². The molecule has 23 heavy (non-hydrogen) atoms. The van der Waals surface area contributed by atoms with Crippen LogP contribution in [0.4, 0.5) is 5.82 Å². The number of guanidine groups is 1. The van der Waals surface area contributed by atoms with Crippen LogP contribution >= 0.6 is 39.9 Å². The van der Waals surface area contributed by atoms with Gasteiger partial charge in [0, 0.05) is 16.1 Å². The summed E-state index contributed by atoms with van der Waals surface area (Å²) in [6, 6.07) is 14.1. The van der Waals surface area contributed by atoms with Crippen molar-refractivity contribution in [1.29, 1.82) is 0 Å². The number of pyridine rings is 1. The molecule has 1 saturated carbocycles. The maximum Gasteiger partial charge on any atom is 0.194 e. The van der Waals surface area contributed by atoms with Gasteiger partial charge in [-0.05, 0) is 36.6 Å². The van der Waals surface area contributed by atoms with E-state index in [1.54, 1.807) is 6.20 Å². The Morgan fingerprint density at radius 1 is 1.22 bits per heavy atom. The monoisotopic (exact) mass is 486 g/mol. The van der Waals surface area contributed by atoms with E-state index in [-0.39, 0.29) is 29.4 Å². The number of nitrogens with one attached hydrogen (secondary N) is 1. The first-order valence-electron chi connectivity index (χ1n) is 7.43. The lowest BCUT2D eigenvalue weighted by molar-refractivity contribution is 0.252. The van der Waals surface area contributed by atoms with Crippen LogP contribution < -0.4 is 11.1 Å². The molecule has 0 atom stereocenters. The maximum atomic E-state index is 6.00. The van der Waals surface area contributed by atoms with E-state index in [9.17, 15) is 0 Å². The summed E-state index contributed by atoms with van der Waals surface area (Å²) in [4.78, 5) is 8.74. The molecule has 122 valence electrons. The van der Waals surface area contributed by atoms with Gasteiger partial charge in [0.25, 0.3) is 0 Å². The number of aliphatic imine (C=N–C) groups is 1. The van der Waals surface area contributed by atoms with Gasteiger partial charge in [0.1, 0.15) is 5.82 Å². The van der Waals surface area contributed by atoms with Crippen molar-refractivity contribution in [3.8, 4) is 0 Å². The van der Waals surface area contributed by atoms with E-state index in [4.69, 9.17) is 5.73 Å². The van der Waals surface area contributed by atoms with Crippen molar-refractivity contribution >= 4 is 51.7 Å². The van der Waals surface area contributed by atoms with Crippen molar-refractivity contribution in [3.63, 3.8) is 0 Å². The first-order chi connectivity index (χ1) is 10.7. The number of hydrogen-bond acceptors (Lipinski definition) is 2. The molecule has 1 fully saturated rings. The number of nitrogens with zero attached hydrogens (tertiary/aromatic N) is 2. The number of aromatic nitrogens is 1. The molecule has 3 rings (SSSR count). The van der Waals surface area contributed by atoms with E-state index in [0.29, 0.717) is 18.3 Å². The SMILES string of the molecule is I.NC(=NCC1(c2ccccc2Br)CCC1)Nc1ccccn1. The Bertz CT molecular complexity index is 671. The Morgan fingerprint density at radius 3 is 2.57 bits per heavy atom. The van der Waals surface area contributed by atoms with Gasteiger partial charge in [-0.2, -0.15) is 0 Å². The number of halogens is 2. The van der Waals surface area contributed by atoms with E-state index in [2.05, 4.69) is 49.4 Å². The molecule has 1 heterocycles. The maximum absolute atomic E-state index is 6.00. The van der Waals surface area contributed by atoms with Gasteiger partial charge in [-0.1, -0.05) is 46.6 Å². The summed E-state index contributed by atoms with van der Waals surface area (Å²) in [5.41, 5.74) is 7.43. The minimum absolute atomic E-state index is 0. The first-order valence-corrected chi connectivity index (χ1v) is 8.22. The highest BCUT2D eigenvalue weighted by molar-refractivity contribution is 14.0. The second-order valence-corrected chi connectivity index (χ2v) is 6.51. The third-order valence-corrected chi connectivity index (χ3v) is 4.92. The molecule has 1 aromatic carbocycles. The molecule has 1 aromatic heterocycles. The van der Waals surface area contributed by atoms with Crippen molar-refractivity contribution in [2.45, 2.75) is 24.7 Å². The van der Waals surface area contributed by atoms with E-state index < -0.39 is 0 Å². The molecule has 1 aliphatic carbocycles. The summed E-state index contributed by atoms with van der Waals surface area (Å²) in [7, 11) is 0. The minimum atomic E-state index is 0. The number of hydrogen-bond donors (Lipinski definition) is 2. The normalized spacial score (nSPS) is 16.1. The molecule has 0 radical (unpaired) electrons. The Labute approximate surface area is 162 Å². The molecule has 0 spiro atoms. The van der Waals surface area contributed by atoms with Crippen LogP contribution in [0, 0.1) is 0 Å². The van der Waals surface area contributed by atoms with Crippen LogP contribution in [0.15, 0.2) is 58.1 Å². The average molecular weight is 487 g/mol. The third kappa shape index (κ3) is 4.23. The Morgan fingerprint density at radius 2 is 1.96 bits per heavy atom. The minimum Gasteiger partial charge on any atom is -0.370 e. The van der Waals surface area contributed by atoms with Crippen LogP contribution in [-0.4, -0.2) is 17.5 Å². The predicted octanol–water partition coefficient (Wildman–Crippen LogP) is 4.31. The number of benzene rings is 1. The summed E-state index contributed by atoms with van der Waals surface area (Å²) in [6.07, 6.45) is 5.26. The Hall–Kier alpha value is -1.15. The quantitative estimate of drug-likeness (QED) is 0.384. The van der Waals surface area contributed by atoms with Gasteiger partial charge in [-0.25, -0.2) is 4.98 Å². The molecule has 0 saturated heterocycles. The van der Waals surface area contributed by atoms with Gasteiger partial charge < -0.3 is 11.1 Å². The molecule has 0 amide bonds. The van der Waals surface area contributed by atoms with Gasteiger partial charge >= 0.3 is 0 Å². The zero-order valence-electron chi connectivity index (χ0n) is 12.7. The fourth-order valence-corrected chi connectivity index (χ4v) is 3.56. The highest BCUT2D eigenvalue weighted by Gasteiger charge is 2.39. The second-order valence-electron chi connectivity index (χ2n) is 5.66. The largest absolute Gasteiger partial charge is 0.370 e. The van der Waals surface area contributed by atoms with Crippen LogP contribution in [0.3, 0.4) is 0 Å². The lowest BCUT2D eigenvalue weighted by atomic mass is 9.64. The van der Waals surface area contributed by atoms with Crippen LogP contribution in [0.5, 0.6) is 0 Å². The second kappa shape index (κ2) is 8.10. The van der Waals surface area contributed by atoms with E-state index in [0.717, 1.165) is 17.3 Å². The molecule has 0 unspecified atom stereocenters. The highest BCUT2D eigenvalue weighted by atomic mass is 127. The molecule has 3 N–H and O–H groups in total. The van der Waals surface area contributed by atoms with Crippen LogP contribution in [0.2, 0.25) is 0 Å². The molecular formula is C17H20BrIN4. The molecule has 0 aliphatic heterocycles. The smallest absolute Gasteiger partial charge is 0.194 e. The molecule has 2 aromatic rings. The molecule has 4 nitrogen and oxygen atoms in total. The van der Waals surface area contributed by atoms with Crippen molar-refractivity contribution in [2.24, 2.45) is 10.7 Å². The fourth-order valence-electron chi connectivity index (χ4n) is 2.85. The summed E-state index contributed by atoms with van der Waals surface area (Å²) < 4.78 is 1.15. The summed E-state index contributed by atoms with van der Waals surface area (Å²) in [5, 5.41) is 3.03. The highest BCUT2D eigenvalue weighted by Crippen LogP contribution is 2.46. The molecule has 0 bridgehead atoms. The number of nitrogens with two attached hydrogens (primary N) is 1. The van der Waals surface area contributed by atoms with Gasteiger partial charge in [0.2, 0.25) is 0 Å². The fraction of sp³-hybridized carbons (Fsp3) is 0.294. The third-order valence-electron chi connectivity index (χ3n) is 4.23. The van der Waals surface area contributed by atoms with Crippen LogP contribution in [0.1, 0.15) is 24.8 Å². The lowest BCUT2D eigenvalue weighted by Gasteiger charge is -2.42. The van der Waals surface area contributed by atoms with Gasteiger partial charge in [0.15, 0.2) is 5.96 Å². The summed E-state index contributed by atoms with van der Waals surface area (Å²) >= 11 is 3.66. The zero-order chi connectivity index (χ0) is 15.4. The number of anilines is 1. The van der Waals surface area contributed by atoms with Crippen molar-refractivity contribution < 1.29 is 0 Å². The van der Waals surface area contributed by atoms with E-state index in [1.165, 1.54) is 12.0 Å². The van der Waals surface area contributed by atoms with Crippen molar-refractivity contribution in [3.05, 3.63) is 58.7 Å². The summed E-state index contributed by atoms with van der Waals surface area (Å²) in [5.74, 6) is 1.13. The Kier molecular flexibility index (Phi) is 6.41. The van der Waals surface area contributed by atoms with Gasteiger partial charge in [0.05, 0.1) is 6.54 Å². The summed E-state index contributed by atoms with van der Waals surface area (Å²) in [6.45, 7) is 0.696. The topological polar surface area (TPSA) is 63.3 Å². The zero-order valence-corrected chi connectivity index (χ0v) is 16.6. The first kappa shape index (κ1) is 18.2. The van der Waals surface area contributed by atoms with Crippen LogP contribution in [-0.2, 0) is 5.41 Å². The van der Waals surface area contributed by atoms with Gasteiger partial charge in [-0.15, -0.1) is 24.0 Å².